The molecule has 7 bridgehead atoms. The van der Waals surface area contributed by atoms with Crippen molar-refractivity contribution in [1.29, 1.82) is 0 Å². The third kappa shape index (κ3) is 3.67. The molecule has 1 spiro atoms. The summed E-state index contributed by atoms with van der Waals surface area (Å²) in [4.78, 5) is 28.3. The second-order valence-electron chi connectivity index (χ2n) is 13.7. The molecule has 1 heterocycles. The highest BCUT2D eigenvalue weighted by molar-refractivity contribution is 8.93. The van der Waals surface area contributed by atoms with E-state index in [0.717, 1.165) is 0 Å². The number of rotatable bonds is 7. The zero-order valence-corrected chi connectivity index (χ0v) is 27.3. The van der Waals surface area contributed by atoms with Gasteiger partial charge in [0.15, 0.2) is 0 Å². The summed E-state index contributed by atoms with van der Waals surface area (Å²) >= 11 is 0. The molecule has 6 fully saturated rings. The number of likely N-dealkylation sites (tertiary alicyclic amines) is 1. The van der Waals surface area contributed by atoms with E-state index >= 15 is 0 Å². The predicted octanol–water partition coefficient (Wildman–Crippen LogP) is 2.80. The second-order valence-corrected chi connectivity index (χ2v) is 13.7. The molecule has 1 saturated heterocycles. The first kappa shape index (κ1) is 31.4. The van der Waals surface area contributed by atoms with E-state index in [1.807, 2.05) is 0 Å². The van der Waals surface area contributed by atoms with Gasteiger partial charge in [-0.15, -0.1) is 17.0 Å². The van der Waals surface area contributed by atoms with Crippen LogP contribution in [0.5, 0.6) is 0 Å². The molecule has 12 atom stereocenters. The number of piperidine rings is 1. The number of esters is 1. The van der Waals surface area contributed by atoms with E-state index in [1.54, 1.807) is 45.6 Å². The Kier molecular flexibility index (Phi) is 7.64. The van der Waals surface area contributed by atoms with Crippen LogP contribution in [0.4, 0.5) is 5.69 Å². The maximum absolute atomic E-state index is 14.0. The summed E-state index contributed by atoms with van der Waals surface area (Å²) in [6, 6.07) is 6.89. The summed E-state index contributed by atoms with van der Waals surface area (Å²) in [7, 11) is 5.05. The number of para-hydroxylation sites is 1. The number of carbonyl (C=O) groups is 2. The highest BCUT2D eigenvalue weighted by atomic mass is 79.9. The minimum absolute atomic E-state index is 0. The van der Waals surface area contributed by atoms with Crippen LogP contribution in [0, 0.1) is 29.1 Å². The van der Waals surface area contributed by atoms with Crippen LogP contribution in [-0.2, 0) is 23.7 Å². The van der Waals surface area contributed by atoms with Gasteiger partial charge in [-0.2, -0.15) is 0 Å². The zero-order valence-electron chi connectivity index (χ0n) is 25.6. The van der Waals surface area contributed by atoms with Gasteiger partial charge in [0.1, 0.15) is 16.8 Å². The molecule has 1 unspecified atom stereocenters. The van der Waals surface area contributed by atoms with Crippen LogP contribution in [0.15, 0.2) is 24.3 Å². The lowest BCUT2D eigenvalue weighted by Gasteiger charge is -2.70. The first-order chi connectivity index (χ1) is 20.1. The van der Waals surface area contributed by atoms with Crippen molar-refractivity contribution in [2.45, 2.75) is 87.1 Å². The SMILES string of the molecule is Br.CCN1C[C@]2(OC(=O)c3ccccc3NC(C)=O)CC[C@H](OC)[C@]34C1[C@@H](C[C@H]23)[C@@]1(O)C[C@H](OC)[C@H]2C[C@@H]4[C@]1(O)[C@H]2OC. The normalized spacial score (nSPS) is 47.0. The van der Waals surface area contributed by atoms with Crippen molar-refractivity contribution in [3.05, 3.63) is 29.8 Å². The van der Waals surface area contributed by atoms with Crippen molar-refractivity contribution in [2.24, 2.45) is 29.1 Å². The molecular formula is C32H45BrN2O8. The second kappa shape index (κ2) is 10.5. The Morgan fingerprint density at radius 1 is 1.07 bits per heavy atom. The number of hydrogen-bond acceptors (Lipinski definition) is 9. The van der Waals surface area contributed by atoms with Crippen LogP contribution < -0.4 is 5.32 Å². The molecule has 10 nitrogen and oxygen atoms in total. The van der Waals surface area contributed by atoms with Crippen molar-refractivity contribution < 1.29 is 38.7 Å². The van der Waals surface area contributed by atoms with Crippen LogP contribution in [-0.4, -0.2) is 103 Å². The van der Waals surface area contributed by atoms with Crippen molar-refractivity contribution in [2.75, 3.05) is 39.7 Å². The molecule has 1 aliphatic heterocycles. The number of ether oxygens (including phenoxy) is 4. The molecular weight excluding hydrogens is 620 g/mol. The standard InChI is InChI=1S/C32H44N2O8.BrH/c1-6-34-16-29(42-28(36)18-9-7-8-10-21(18)33-17(2)35)12-11-25(40-4)31-23(29)14-20(26(31)34)30(37)15-22(39-3)19-13-24(31)32(30,38)27(19)41-5;/h7-10,19-20,22-27,37-38H,6,11-16H2,1-5H3,(H,33,35);1H/t19-,20-,22+,23-,24+,25+,26?,27+,29-,30+,31+,32+;/m1./s1. The van der Waals surface area contributed by atoms with Gasteiger partial charge in [0.25, 0.3) is 0 Å². The zero-order chi connectivity index (χ0) is 29.8. The van der Waals surface area contributed by atoms with Gasteiger partial charge >= 0.3 is 5.97 Å². The number of aliphatic hydroxyl groups is 2. The summed E-state index contributed by atoms with van der Waals surface area (Å²) < 4.78 is 25.1. The number of carbonyl (C=O) groups excluding carboxylic acids is 2. The molecule has 1 aromatic carbocycles. The number of fused-ring (bicyclic) bond motifs is 2. The lowest BCUT2D eigenvalue weighted by molar-refractivity contribution is -0.337. The fraction of sp³-hybridized carbons (Fsp3) is 0.750. The number of nitrogens with zero attached hydrogens (tertiary/aromatic N) is 1. The third-order valence-electron chi connectivity index (χ3n) is 12.6. The molecule has 43 heavy (non-hydrogen) atoms. The molecule has 0 aromatic heterocycles. The topological polar surface area (TPSA) is 127 Å². The van der Waals surface area contributed by atoms with E-state index < -0.39 is 34.3 Å². The molecule has 6 aliphatic rings. The summed E-state index contributed by atoms with van der Waals surface area (Å²) in [5.41, 5.74) is -3.57. The fourth-order valence-electron chi connectivity index (χ4n) is 11.6. The molecule has 3 N–H and O–H groups in total. The Bertz CT molecular complexity index is 1300. The average Bonchev–Trinajstić information content (AvgIpc) is 3.39. The van der Waals surface area contributed by atoms with Gasteiger partial charge in [-0.25, -0.2) is 4.79 Å². The number of benzene rings is 1. The number of amides is 1. The number of methoxy groups -OCH3 is 3. The molecule has 1 amide bonds. The summed E-state index contributed by atoms with van der Waals surface area (Å²) in [6.45, 7) is 4.79. The lowest BCUT2D eigenvalue weighted by atomic mass is 9.44. The average molecular weight is 666 g/mol. The number of hydrogen-bond donors (Lipinski definition) is 3. The van der Waals surface area contributed by atoms with E-state index in [1.165, 1.54) is 6.92 Å². The minimum Gasteiger partial charge on any atom is -0.454 e. The summed E-state index contributed by atoms with van der Waals surface area (Å²) in [5, 5.41) is 28.4. The quantitative estimate of drug-likeness (QED) is 0.377. The summed E-state index contributed by atoms with van der Waals surface area (Å²) in [5.74, 6) is -1.54. The molecule has 7 rings (SSSR count). The highest BCUT2D eigenvalue weighted by Gasteiger charge is 2.89. The third-order valence-corrected chi connectivity index (χ3v) is 12.6. The smallest absolute Gasteiger partial charge is 0.340 e. The first-order valence-electron chi connectivity index (χ1n) is 15.4. The van der Waals surface area contributed by atoms with Crippen LogP contribution in [0.25, 0.3) is 0 Å². The van der Waals surface area contributed by atoms with Crippen molar-refractivity contribution in [3.8, 4) is 0 Å². The Hall–Kier alpha value is -1.60. The Labute approximate surface area is 263 Å². The van der Waals surface area contributed by atoms with Gasteiger partial charge in [-0.3, -0.25) is 9.69 Å². The molecule has 0 radical (unpaired) electrons. The van der Waals surface area contributed by atoms with Gasteiger partial charge in [-0.1, -0.05) is 19.1 Å². The van der Waals surface area contributed by atoms with Crippen LogP contribution in [0.1, 0.15) is 56.3 Å². The number of halogens is 1. The van der Waals surface area contributed by atoms with Crippen LogP contribution in [0.3, 0.4) is 0 Å². The van der Waals surface area contributed by atoms with Gasteiger partial charge < -0.3 is 34.5 Å². The van der Waals surface area contributed by atoms with Crippen molar-refractivity contribution in [3.63, 3.8) is 0 Å². The lowest BCUT2D eigenvalue weighted by Crippen LogP contribution is -2.83. The van der Waals surface area contributed by atoms with Gasteiger partial charge in [-0.05, 0) is 44.4 Å². The van der Waals surface area contributed by atoms with E-state index in [2.05, 4.69) is 17.1 Å². The maximum atomic E-state index is 14.0. The molecule has 5 saturated carbocycles. The van der Waals surface area contributed by atoms with Crippen molar-refractivity contribution in [1.82, 2.24) is 4.90 Å². The Morgan fingerprint density at radius 2 is 1.81 bits per heavy atom. The van der Waals surface area contributed by atoms with Gasteiger partial charge in [0.2, 0.25) is 5.91 Å². The predicted molar refractivity (Wildman–Crippen MR) is 162 cm³/mol. The van der Waals surface area contributed by atoms with E-state index in [-0.39, 0.29) is 64.8 Å². The van der Waals surface area contributed by atoms with E-state index in [4.69, 9.17) is 18.9 Å². The highest BCUT2D eigenvalue weighted by Crippen LogP contribution is 2.79. The molecule has 11 heteroatoms. The fourth-order valence-corrected chi connectivity index (χ4v) is 11.6. The Balaban J connectivity index is 0.00000329. The van der Waals surface area contributed by atoms with Crippen LogP contribution >= 0.6 is 17.0 Å². The minimum atomic E-state index is -1.48. The first-order valence-corrected chi connectivity index (χ1v) is 15.4. The number of nitrogens with one attached hydrogen (secondary N) is 1. The van der Waals surface area contributed by atoms with Crippen LogP contribution in [0.2, 0.25) is 0 Å². The molecule has 5 aliphatic carbocycles. The number of likely N-dealkylation sites (N-methyl/N-ethyl adjacent to an activating group) is 1. The summed E-state index contributed by atoms with van der Waals surface area (Å²) in [6.07, 6.45) is 1.91. The van der Waals surface area contributed by atoms with Crippen molar-refractivity contribution >= 4 is 34.5 Å². The Morgan fingerprint density at radius 3 is 2.47 bits per heavy atom. The largest absolute Gasteiger partial charge is 0.454 e. The molecule has 238 valence electrons. The number of anilines is 1. The maximum Gasteiger partial charge on any atom is 0.340 e. The van der Waals surface area contributed by atoms with Gasteiger partial charge in [0.05, 0.1) is 29.6 Å². The van der Waals surface area contributed by atoms with E-state index in [0.29, 0.717) is 56.4 Å². The monoisotopic (exact) mass is 664 g/mol. The van der Waals surface area contributed by atoms with Gasteiger partial charge in [0, 0.05) is 76.3 Å². The van der Waals surface area contributed by atoms with E-state index in [9.17, 15) is 19.8 Å². The molecule has 1 aromatic rings.